The van der Waals surface area contributed by atoms with Crippen molar-refractivity contribution in [3.8, 4) is 0 Å². The zero-order chi connectivity index (χ0) is 12.3. The minimum Gasteiger partial charge on any atom is -0.316 e. The molecule has 1 N–H and O–H groups in total. The van der Waals surface area contributed by atoms with Crippen molar-refractivity contribution in [1.82, 2.24) is 9.62 Å². The van der Waals surface area contributed by atoms with Crippen molar-refractivity contribution in [1.29, 1.82) is 0 Å². The van der Waals surface area contributed by atoms with Crippen LogP contribution in [-0.4, -0.2) is 44.2 Å². The van der Waals surface area contributed by atoms with Gasteiger partial charge in [0.15, 0.2) is 0 Å². The lowest BCUT2D eigenvalue weighted by molar-refractivity contribution is 0.176. The van der Waals surface area contributed by atoms with Crippen LogP contribution in [0.5, 0.6) is 0 Å². The van der Waals surface area contributed by atoms with Gasteiger partial charge in [-0.1, -0.05) is 6.42 Å². The van der Waals surface area contributed by atoms with E-state index in [0.29, 0.717) is 12.8 Å². The molecule has 1 saturated heterocycles. The van der Waals surface area contributed by atoms with Gasteiger partial charge in [-0.3, -0.25) is 0 Å². The Balaban J connectivity index is 2.90. The normalized spacial score (nSPS) is 25.9. The first-order valence-corrected chi connectivity index (χ1v) is 6.87. The average Bonchev–Trinajstić information content (AvgIpc) is 2.27. The standard InChI is InChI=1S/C9H18F2N2O2S/c1-7(12-2)8-5-3-4-6-13(8)16(14,15)9(10)11/h7-9,12H,3-6H2,1-2H3. The summed E-state index contributed by atoms with van der Waals surface area (Å²) in [6.07, 6.45) is 2.17. The first kappa shape index (κ1) is 13.8. The van der Waals surface area contributed by atoms with Gasteiger partial charge in [0.2, 0.25) is 0 Å². The van der Waals surface area contributed by atoms with Crippen molar-refractivity contribution in [3.05, 3.63) is 0 Å². The number of nitrogens with one attached hydrogen (secondary N) is 1. The predicted octanol–water partition coefficient (Wildman–Crippen LogP) is 1.00. The fourth-order valence-corrected chi connectivity index (χ4v) is 3.29. The Labute approximate surface area is 95.1 Å². The number of piperidine rings is 1. The minimum atomic E-state index is -4.44. The van der Waals surface area contributed by atoms with E-state index >= 15 is 0 Å². The Bertz CT molecular complexity index is 321. The van der Waals surface area contributed by atoms with Crippen LogP contribution in [0.15, 0.2) is 0 Å². The van der Waals surface area contributed by atoms with Crippen LogP contribution >= 0.6 is 0 Å². The molecule has 0 bridgehead atoms. The lowest BCUT2D eigenvalue weighted by Crippen LogP contribution is -2.53. The predicted molar refractivity (Wildman–Crippen MR) is 57.8 cm³/mol. The van der Waals surface area contributed by atoms with Crippen LogP contribution in [0.3, 0.4) is 0 Å². The molecule has 0 aromatic heterocycles. The molecular weight excluding hydrogens is 238 g/mol. The van der Waals surface area contributed by atoms with Gasteiger partial charge in [-0.2, -0.15) is 13.1 Å². The highest BCUT2D eigenvalue weighted by Crippen LogP contribution is 2.25. The monoisotopic (exact) mass is 256 g/mol. The molecule has 1 aliphatic rings. The van der Waals surface area contributed by atoms with Gasteiger partial charge in [-0.05, 0) is 26.8 Å². The summed E-state index contributed by atoms with van der Waals surface area (Å²) in [7, 11) is -2.74. The quantitative estimate of drug-likeness (QED) is 0.816. The first-order chi connectivity index (χ1) is 7.41. The SMILES string of the molecule is CNC(C)C1CCCCN1S(=O)(=O)C(F)F. The molecular formula is C9H18F2N2O2S. The Morgan fingerprint density at radius 3 is 2.50 bits per heavy atom. The Kier molecular flexibility index (Phi) is 4.63. The van der Waals surface area contributed by atoms with E-state index in [1.807, 2.05) is 6.92 Å². The zero-order valence-corrected chi connectivity index (χ0v) is 10.3. The second kappa shape index (κ2) is 5.37. The molecule has 0 spiro atoms. The summed E-state index contributed by atoms with van der Waals surface area (Å²) in [5.41, 5.74) is 0. The van der Waals surface area contributed by atoms with Crippen molar-refractivity contribution in [3.63, 3.8) is 0 Å². The first-order valence-electron chi connectivity index (χ1n) is 5.37. The molecule has 2 atom stereocenters. The van der Waals surface area contributed by atoms with E-state index in [2.05, 4.69) is 5.32 Å². The van der Waals surface area contributed by atoms with Crippen molar-refractivity contribution in [2.75, 3.05) is 13.6 Å². The number of halogens is 2. The maximum atomic E-state index is 12.5. The third-order valence-corrected chi connectivity index (χ3v) is 4.64. The second-order valence-electron chi connectivity index (χ2n) is 4.06. The van der Waals surface area contributed by atoms with Gasteiger partial charge in [0.25, 0.3) is 10.0 Å². The number of nitrogens with zero attached hydrogens (tertiary/aromatic N) is 1. The van der Waals surface area contributed by atoms with E-state index in [9.17, 15) is 17.2 Å². The Morgan fingerprint density at radius 2 is 2.00 bits per heavy atom. The maximum absolute atomic E-state index is 12.5. The fraction of sp³-hybridized carbons (Fsp3) is 1.00. The topological polar surface area (TPSA) is 49.4 Å². The van der Waals surface area contributed by atoms with Gasteiger partial charge < -0.3 is 5.32 Å². The van der Waals surface area contributed by atoms with Gasteiger partial charge in [-0.15, -0.1) is 0 Å². The van der Waals surface area contributed by atoms with E-state index in [1.165, 1.54) is 0 Å². The van der Waals surface area contributed by atoms with Gasteiger partial charge >= 0.3 is 5.76 Å². The zero-order valence-electron chi connectivity index (χ0n) is 9.49. The lowest BCUT2D eigenvalue weighted by Gasteiger charge is -2.37. The summed E-state index contributed by atoms with van der Waals surface area (Å²) in [6, 6.07) is -0.480. The van der Waals surface area contributed by atoms with Crippen LogP contribution < -0.4 is 5.32 Å². The number of hydrogen-bond donors (Lipinski definition) is 1. The van der Waals surface area contributed by atoms with Gasteiger partial charge in [-0.25, -0.2) is 8.42 Å². The molecule has 0 radical (unpaired) electrons. The largest absolute Gasteiger partial charge is 0.350 e. The van der Waals surface area contributed by atoms with Crippen molar-refractivity contribution >= 4 is 10.0 Å². The van der Waals surface area contributed by atoms with E-state index in [1.54, 1.807) is 7.05 Å². The van der Waals surface area contributed by atoms with Crippen molar-refractivity contribution in [2.45, 2.75) is 44.0 Å². The van der Waals surface area contributed by atoms with E-state index in [0.717, 1.165) is 10.7 Å². The van der Waals surface area contributed by atoms with Gasteiger partial charge in [0, 0.05) is 18.6 Å². The fourth-order valence-electron chi connectivity index (χ4n) is 2.04. The number of alkyl halides is 2. The Morgan fingerprint density at radius 1 is 1.38 bits per heavy atom. The van der Waals surface area contributed by atoms with Crippen LogP contribution in [0.1, 0.15) is 26.2 Å². The molecule has 1 heterocycles. The molecule has 4 nitrogen and oxygen atoms in total. The average molecular weight is 256 g/mol. The van der Waals surface area contributed by atoms with E-state index in [4.69, 9.17) is 0 Å². The van der Waals surface area contributed by atoms with Crippen LogP contribution in [0.25, 0.3) is 0 Å². The number of rotatable bonds is 4. The van der Waals surface area contributed by atoms with Gasteiger partial charge in [0.1, 0.15) is 0 Å². The molecule has 2 unspecified atom stereocenters. The molecule has 0 amide bonds. The molecule has 7 heteroatoms. The van der Waals surface area contributed by atoms with E-state index in [-0.39, 0.29) is 18.6 Å². The summed E-state index contributed by atoms with van der Waals surface area (Å²) in [5, 5.41) is 2.92. The van der Waals surface area contributed by atoms with Crippen molar-refractivity contribution < 1.29 is 17.2 Å². The maximum Gasteiger partial charge on any atom is 0.350 e. The van der Waals surface area contributed by atoms with Crippen LogP contribution in [-0.2, 0) is 10.0 Å². The highest BCUT2D eigenvalue weighted by atomic mass is 32.2. The Hall–Kier alpha value is -0.270. The third kappa shape index (κ3) is 2.70. The molecule has 1 fully saturated rings. The van der Waals surface area contributed by atoms with Gasteiger partial charge in [0.05, 0.1) is 0 Å². The summed E-state index contributed by atoms with van der Waals surface area (Å²) < 4.78 is 48.9. The molecule has 16 heavy (non-hydrogen) atoms. The van der Waals surface area contributed by atoms with Crippen molar-refractivity contribution in [2.24, 2.45) is 0 Å². The van der Waals surface area contributed by atoms with Crippen LogP contribution in [0, 0.1) is 0 Å². The second-order valence-corrected chi connectivity index (χ2v) is 5.91. The molecule has 96 valence electrons. The molecule has 1 aliphatic heterocycles. The summed E-state index contributed by atoms with van der Waals surface area (Å²) in [5.74, 6) is -3.32. The van der Waals surface area contributed by atoms with E-state index < -0.39 is 15.8 Å². The molecule has 0 aliphatic carbocycles. The molecule has 1 rings (SSSR count). The summed E-state index contributed by atoms with van der Waals surface area (Å²) in [6.45, 7) is 2.01. The number of sulfonamides is 1. The molecule has 0 saturated carbocycles. The minimum absolute atomic E-state index is 0.117. The number of hydrogen-bond acceptors (Lipinski definition) is 3. The molecule has 0 aromatic rings. The molecule has 0 aromatic carbocycles. The lowest BCUT2D eigenvalue weighted by atomic mass is 9.99. The summed E-state index contributed by atoms with van der Waals surface area (Å²) in [4.78, 5) is 0. The summed E-state index contributed by atoms with van der Waals surface area (Å²) >= 11 is 0. The highest BCUT2D eigenvalue weighted by molar-refractivity contribution is 7.89. The van der Waals surface area contributed by atoms with Crippen LogP contribution in [0.2, 0.25) is 0 Å². The third-order valence-electron chi connectivity index (χ3n) is 3.08. The number of likely N-dealkylation sites (N-methyl/N-ethyl adjacent to an activating group) is 1. The van der Waals surface area contributed by atoms with Crippen LogP contribution in [0.4, 0.5) is 8.78 Å². The smallest absolute Gasteiger partial charge is 0.316 e. The highest BCUT2D eigenvalue weighted by Gasteiger charge is 2.39.